The highest BCUT2D eigenvalue weighted by atomic mass is 32.2. The summed E-state index contributed by atoms with van der Waals surface area (Å²) in [5, 5.41) is 9.14. The molecule has 0 aliphatic carbocycles. The molecule has 0 heterocycles. The Bertz CT molecular complexity index is 597. The van der Waals surface area contributed by atoms with Crippen LogP contribution in [0.2, 0.25) is 25.7 Å². The number of benzene rings is 1. The summed E-state index contributed by atoms with van der Waals surface area (Å²) in [6, 6.07) is 7.27. The van der Waals surface area contributed by atoms with E-state index in [1.165, 1.54) is 13.2 Å². The van der Waals surface area contributed by atoms with Gasteiger partial charge in [0.2, 0.25) is 0 Å². The maximum atomic E-state index is 12.3. The van der Waals surface area contributed by atoms with Crippen LogP contribution in [0, 0.1) is 11.3 Å². The highest BCUT2D eigenvalue weighted by Crippen LogP contribution is 2.27. The monoisotopic (exact) mass is 297 g/mol. The second kappa shape index (κ2) is 5.76. The minimum Gasteiger partial charge on any atom is -0.495 e. The lowest BCUT2D eigenvalue weighted by atomic mass is 10.2. The zero-order valence-electron chi connectivity index (χ0n) is 11.7. The number of rotatable bonds is 5. The smallest absolute Gasteiger partial charge is 0.179 e. The summed E-state index contributed by atoms with van der Waals surface area (Å²) >= 11 is 0. The van der Waals surface area contributed by atoms with Gasteiger partial charge in [-0.05, 0) is 18.2 Å². The van der Waals surface area contributed by atoms with Gasteiger partial charge in [0, 0.05) is 8.07 Å². The summed E-state index contributed by atoms with van der Waals surface area (Å²) in [6.07, 6.45) is 0. The summed E-state index contributed by atoms with van der Waals surface area (Å²) in [4.78, 5) is 0.0765. The maximum Gasteiger partial charge on any atom is 0.179 e. The summed E-state index contributed by atoms with van der Waals surface area (Å²) in [6.45, 7) is 6.37. The summed E-state index contributed by atoms with van der Waals surface area (Å²) in [5.41, 5.74) is 0.0978. The van der Waals surface area contributed by atoms with Gasteiger partial charge in [0.15, 0.2) is 9.84 Å². The Labute approximate surface area is 115 Å². The molecule has 0 unspecified atom stereocenters. The Morgan fingerprint density at radius 2 is 1.95 bits per heavy atom. The van der Waals surface area contributed by atoms with E-state index in [-0.39, 0.29) is 16.2 Å². The topological polar surface area (TPSA) is 67.2 Å². The van der Waals surface area contributed by atoms with E-state index < -0.39 is 17.9 Å². The maximum absolute atomic E-state index is 12.3. The minimum absolute atomic E-state index is 0.0765. The van der Waals surface area contributed by atoms with Crippen molar-refractivity contribution in [1.29, 1.82) is 5.26 Å². The number of hydrogen-bond acceptors (Lipinski definition) is 4. The van der Waals surface area contributed by atoms with E-state index in [0.29, 0.717) is 11.8 Å². The molecule has 4 nitrogen and oxygen atoms in total. The van der Waals surface area contributed by atoms with Gasteiger partial charge in [-0.3, -0.25) is 0 Å². The SMILES string of the molecule is COc1cccc(S(=O)(=O)CC[Si](C)(C)C)c1C#N. The van der Waals surface area contributed by atoms with E-state index in [4.69, 9.17) is 10.00 Å². The predicted octanol–water partition coefficient (Wildman–Crippen LogP) is 2.68. The number of ether oxygens (including phenoxy) is 1. The Kier molecular flexibility index (Phi) is 4.77. The molecule has 0 atom stereocenters. The molecule has 0 aliphatic heterocycles. The van der Waals surface area contributed by atoms with Crippen LogP contribution in [0.25, 0.3) is 0 Å². The predicted molar refractivity (Wildman–Crippen MR) is 77.9 cm³/mol. The number of nitriles is 1. The molecule has 19 heavy (non-hydrogen) atoms. The van der Waals surface area contributed by atoms with E-state index in [9.17, 15) is 8.42 Å². The Morgan fingerprint density at radius 1 is 1.32 bits per heavy atom. The molecular formula is C13H19NO3SSi. The van der Waals surface area contributed by atoms with Crippen molar-refractivity contribution in [2.24, 2.45) is 0 Å². The fourth-order valence-electron chi connectivity index (χ4n) is 1.60. The quantitative estimate of drug-likeness (QED) is 0.784. The largest absolute Gasteiger partial charge is 0.495 e. The summed E-state index contributed by atoms with van der Waals surface area (Å²) < 4.78 is 29.7. The molecule has 1 aromatic rings. The second-order valence-electron chi connectivity index (χ2n) is 5.57. The van der Waals surface area contributed by atoms with Gasteiger partial charge in [-0.15, -0.1) is 0 Å². The Morgan fingerprint density at radius 3 is 2.42 bits per heavy atom. The third-order valence-corrected chi connectivity index (χ3v) is 6.64. The molecule has 0 saturated carbocycles. The van der Waals surface area contributed by atoms with Crippen LogP contribution in [0.1, 0.15) is 5.56 Å². The van der Waals surface area contributed by atoms with Crippen molar-refractivity contribution in [2.75, 3.05) is 12.9 Å². The first-order chi connectivity index (χ1) is 8.71. The summed E-state index contributed by atoms with van der Waals surface area (Å²) in [5.74, 6) is 0.390. The number of hydrogen-bond donors (Lipinski definition) is 0. The van der Waals surface area contributed by atoms with Gasteiger partial charge in [0.25, 0.3) is 0 Å². The van der Waals surface area contributed by atoms with Crippen LogP contribution < -0.4 is 4.74 Å². The second-order valence-corrected chi connectivity index (χ2v) is 13.3. The van der Waals surface area contributed by atoms with Gasteiger partial charge < -0.3 is 4.74 Å². The van der Waals surface area contributed by atoms with Crippen molar-refractivity contribution in [1.82, 2.24) is 0 Å². The zero-order chi connectivity index (χ0) is 14.7. The standard InChI is InChI=1S/C13H19NO3SSi/c1-17-12-6-5-7-13(11(12)10-14)18(15,16)8-9-19(2,3)4/h5-7H,8-9H2,1-4H3. The van der Waals surface area contributed by atoms with Crippen LogP contribution in [0.15, 0.2) is 23.1 Å². The van der Waals surface area contributed by atoms with Crippen LogP contribution >= 0.6 is 0 Å². The Hall–Kier alpha value is -1.32. The van der Waals surface area contributed by atoms with Crippen molar-refractivity contribution in [2.45, 2.75) is 30.6 Å². The molecule has 0 aromatic heterocycles. The van der Waals surface area contributed by atoms with Crippen molar-refractivity contribution in [3.63, 3.8) is 0 Å². The molecule has 104 valence electrons. The first-order valence-electron chi connectivity index (χ1n) is 6.01. The van der Waals surface area contributed by atoms with Crippen molar-refractivity contribution in [3.8, 4) is 11.8 Å². The van der Waals surface area contributed by atoms with Gasteiger partial charge in [0.1, 0.15) is 17.4 Å². The highest BCUT2D eigenvalue weighted by molar-refractivity contribution is 7.91. The van der Waals surface area contributed by atoms with Crippen molar-refractivity contribution >= 4 is 17.9 Å². The number of methoxy groups -OCH3 is 1. The lowest BCUT2D eigenvalue weighted by molar-refractivity contribution is 0.412. The van der Waals surface area contributed by atoms with Crippen LogP contribution in [-0.4, -0.2) is 29.4 Å². The molecule has 0 radical (unpaired) electrons. The number of nitrogens with zero attached hydrogens (tertiary/aromatic N) is 1. The lowest BCUT2D eigenvalue weighted by Crippen LogP contribution is -2.24. The lowest BCUT2D eigenvalue weighted by Gasteiger charge is -2.16. The van der Waals surface area contributed by atoms with Gasteiger partial charge in [0.05, 0.1) is 17.8 Å². The van der Waals surface area contributed by atoms with Gasteiger partial charge in [-0.2, -0.15) is 5.26 Å². The number of sulfone groups is 1. The van der Waals surface area contributed by atoms with E-state index >= 15 is 0 Å². The minimum atomic E-state index is -3.44. The molecule has 1 rings (SSSR count). The average Bonchev–Trinajstić information content (AvgIpc) is 2.34. The van der Waals surface area contributed by atoms with E-state index in [2.05, 4.69) is 19.6 Å². The molecular weight excluding hydrogens is 278 g/mol. The molecule has 0 aliphatic rings. The van der Waals surface area contributed by atoms with Crippen LogP contribution in [0.5, 0.6) is 5.75 Å². The highest BCUT2D eigenvalue weighted by Gasteiger charge is 2.24. The van der Waals surface area contributed by atoms with Crippen molar-refractivity contribution in [3.05, 3.63) is 23.8 Å². The Balaban J connectivity index is 3.19. The first-order valence-corrected chi connectivity index (χ1v) is 11.4. The van der Waals surface area contributed by atoms with Crippen molar-refractivity contribution < 1.29 is 13.2 Å². The third kappa shape index (κ3) is 4.08. The normalized spacial score (nSPS) is 11.9. The van der Waals surface area contributed by atoms with Gasteiger partial charge in [-0.25, -0.2) is 8.42 Å². The fourth-order valence-corrected chi connectivity index (χ4v) is 6.09. The van der Waals surface area contributed by atoms with Gasteiger partial charge in [-0.1, -0.05) is 25.7 Å². The van der Waals surface area contributed by atoms with Crippen LogP contribution in [0.4, 0.5) is 0 Å². The molecule has 6 heteroatoms. The molecule has 0 spiro atoms. The average molecular weight is 297 g/mol. The fraction of sp³-hybridized carbons (Fsp3) is 0.462. The van der Waals surface area contributed by atoms with E-state index in [1.807, 2.05) is 6.07 Å². The molecule has 1 aromatic carbocycles. The third-order valence-electron chi connectivity index (χ3n) is 2.78. The van der Waals surface area contributed by atoms with Crippen LogP contribution in [-0.2, 0) is 9.84 Å². The zero-order valence-corrected chi connectivity index (χ0v) is 13.5. The van der Waals surface area contributed by atoms with E-state index in [1.54, 1.807) is 12.1 Å². The van der Waals surface area contributed by atoms with Gasteiger partial charge >= 0.3 is 0 Å². The molecule has 0 fully saturated rings. The van der Waals surface area contributed by atoms with E-state index in [0.717, 1.165) is 0 Å². The molecule has 0 N–H and O–H groups in total. The molecule has 0 saturated heterocycles. The van der Waals surface area contributed by atoms with Crippen LogP contribution in [0.3, 0.4) is 0 Å². The molecule has 0 amide bonds. The molecule has 0 bridgehead atoms. The summed E-state index contributed by atoms with van der Waals surface area (Å²) in [7, 11) is -3.45. The first kappa shape index (κ1) is 15.7.